The minimum absolute atomic E-state index is 0.710. The van der Waals surface area contributed by atoms with Crippen molar-refractivity contribution in [1.29, 1.82) is 0 Å². The number of fused-ring (bicyclic) bond motifs is 1. The van der Waals surface area contributed by atoms with Gasteiger partial charge in [-0.1, -0.05) is 25.7 Å². The molecule has 4 rings (SSSR count). The van der Waals surface area contributed by atoms with Crippen LogP contribution in [-0.2, 0) is 20.1 Å². The van der Waals surface area contributed by atoms with E-state index in [1.165, 1.54) is 44.2 Å². The second kappa shape index (κ2) is 7.30. The number of aromatic nitrogens is 4. The first-order chi connectivity index (χ1) is 12.2. The monoisotopic (exact) mass is 343 g/mol. The van der Waals surface area contributed by atoms with Gasteiger partial charge in [-0.05, 0) is 31.4 Å². The maximum atomic E-state index is 10.7. The van der Waals surface area contributed by atoms with Crippen molar-refractivity contribution in [3.05, 3.63) is 35.4 Å². The van der Waals surface area contributed by atoms with E-state index >= 15 is 0 Å². The molecule has 6 nitrogen and oxygen atoms in total. The van der Waals surface area contributed by atoms with Crippen molar-refractivity contribution in [2.45, 2.75) is 70.2 Å². The zero-order valence-corrected chi connectivity index (χ0v) is 15.1. The third-order valence-electron chi connectivity index (χ3n) is 5.82. The third-order valence-corrected chi connectivity index (χ3v) is 5.82. The van der Waals surface area contributed by atoms with Gasteiger partial charge in [-0.15, -0.1) is 0 Å². The predicted molar refractivity (Wildman–Crippen MR) is 96.0 cm³/mol. The lowest BCUT2D eigenvalue weighted by atomic mass is 10.1. The minimum Gasteiger partial charge on any atom is -0.380 e. The topological polar surface area (TPSA) is 59.1 Å². The Hall–Kier alpha value is -1.66. The second-order valence-electron chi connectivity index (χ2n) is 7.54. The quantitative estimate of drug-likeness (QED) is 0.871. The summed E-state index contributed by atoms with van der Waals surface area (Å²) in [5, 5.41) is 19.5. The number of hydrogen-bond donors (Lipinski definition) is 1. The molecule has 1 aliphatic carbocycles. The van der Waals surface area contributed by atoms with Gasteiger partial charge in [0.1, 0.15) is 6.10 Å². The minimum atomic E-state index is -0.710. The van der Waals surface area contributed by atoms with Crippen LogP contribution in [0.4, 0.5) is 0 Å². The standard InChI is InChI=1S/C19H29N5O/c1-22-18(9-10-20-22)19(25)17-13-16-14-23(11-6-12-24(16)21-17)15-7-4-2-3-5-8-15/h9-10,13,15,19,25H,2-8,11-12,14H2,1H3/t19-/m0/s1. The van der Waals surface area contributed by atoms with E-state index in [4.69, 9.17) is 5.10 Å². The van der Waals surface area contributed by atoms with Crippen molar-refractivity contribution >= 4 is 0 Å². The van der Waals surface area contributed by atoms with Gasteiger partial charge in [0, 0.05) is 38.9 Å². The van der Waals surface area contributed by atoms with Gasteiger partial charge in [-0.25, -0.2) is 0 Å². The van der Waals surface area contributed by atoms with E-state index in [0.29, 0.717) is 0 Å². The van der Waals surface area contributed by atoms with Gasteiger partial charge in [0.05, 0.1) is 17.1 Å². The first-order valence-electron chi connectivity index (χ1n) is 9.69. The van der Waals surface area contributed by atoms with Crippen LogP contribution in [0.15, 0.2) is 18.3 Å². The van der Waals surface area contributed by atoms with Crippen LogP contribution < -0.4 is 0 Å². The average molecular weight is 343 g/mol. The van der Waals surface area contributed by atoms with Crippen LogP contribution in [0.5, 0.6) is 0 Å². The summed E-state index contributed by atoms with van der Waals surface area (Å²) in [6, 6.07) is 4.66. The molecule has 25 heavy (non-hydrogen) atoms. The fourth-order valence-corrected chi connectivity index (χ4v) is 4.38. The summed E-state index contributed by atoms with van der Waals surface area (Å²) in [5.41, 5.74) is 2.76. The summed E-state index contributed by atoms with van der Waals surface area (Å²) in [5.74, 6) is 0. The number of rotatable bonds is 3. The molecule has 1 fully saturated rings. The molecular weight excluding hydrogens is 314 g/mol. The number of nitrogens with zero attached hydrogens (tertiary/aromatic N) is 5. The van der Waals surface area contributed by atoms with Crippen molar-refractivity contribution in [1.82, 2.24) is 24.5 Å². The Bertz CT molecular complexity index is 698. The molecule has 0 saturated heterocycles. The molecule has 0 radical (unpaired) electrons. The largest absolute Gasteiger partial charge is 0.380 e. The summed E-state index contributed by atoms with van der Waals surface area (Å²) in [7, 11) is 1.85. The van der Waals surface area contributed by atoms with Gasteiger partial charge in [0.2, 0.25) is 0 Å². The highest BCUT2D eigenvalue weighted by Crippen LogP contribution is 2.27. The zero-order valence-electron chi connectivity index (χ0n) is 15.1. The maximum absolute atomic E-state index is 10.7. The predicted octanol–water partition coefficient (Wildman–Crippen LogP) is 2.63. The van der Waals surface area contributed by atoms with E-state index in [1.54, 1.807) is 10.9 Å². The summed E-state index contributed by atoms with van der Waals surface area (Å²) in [6.07, 6.45) is 10.3. The van der Waals surface area contributed by atoms with E-state index in [-0.39, 0.29) is 0 Å². The highest BCUT2D eigenvalue weighted by Gasteiger charge is 2.26. The van der Waals surface area contributed by atoms with E-state index in [2.05, 4.69) is 20.7 Å². The lowest BCUT2D eigenvalue weighted by Gasteiger charge is -2.29. The number of aliphatic hydroxyl groups excluding tert-OH is 1. The zero-order chi connectivity index (χ0) is 17.2. The SMILES string of the molecule is Cn1nccc1[C@@H](O)c1cc2n(n1)CCCN(C1CCCCCC1)C2. The van der Waals surface area contributed by atoms with Crippen molar-refractivity contribution in [2.75, 3.05) is 6.54 Å². The van der Waals surface area contributed by atoms with Gasteiger partial charge in [-0.3, -0.25) is 14.3 Å². The first-order valence-corrected chi connectivity index (χ1v) is 9.69. The van der Waals surface area contributed by atoms with Gasteiger partial charge in [-0.2, -0.15) is 10.2 Å². The Morgan fingerprint density at radius 2 is 1.92 bits per heavy atom. The Labute approximate surface area is 149 Å². The molecule has 0 spiro atoms. The van der Waals surface area contributed by atoms with Crippen molar-refractivity contribution in [3.8, 4) is 0 Å². The van der Waals surface area contributed by atoms with Crippen LogP contribution in [0.3, 0.4) is 0 Å². The summed E-state index contributed by atoms with van der Waals surface area (Å²) in [4.78, 5) is 2.66. The lowest BCUT2D eigenvalue weighted by Crippen LogP contribution is -2.34. The molecule has 6 heteroatoms. The summed E-state index contributed by atoms with van der Waals surface area (Å²) in [6.45, 7) is 3.06. The third kappa shape index (κ3) is 3.51. The van der Waals surface area contributed by atoms with Crippen LogP contribution in [-0.4, -0.2) is 42.2 Å². The van der Waals surface area contributed by atoms with Gasteiger partial charge >= 0.3 is 0 Å². The molecule has 1 saturated carbocycles. The highest BCUT2D eigenvalue weighted by atomic mass is 16.3. The molecule has 3 heterocycles. The number of aliphatic hydroxyl groups is 1. The molecule has 2 aliphatic rings. The molecule has 2 aromatic rings. The average Bonchev–Trinajstić information content (AvgIpc) is 3.03. The van der Waals surface area contributed by atoms with E-state index in [1.807, 2.05) is 13.1 Å². The maximum Gasteiger partial charge on any atom is 0.139 e. The van der Waals surface area contributed by atoms with Crippen LogP contribution in [0.2, 0.25) is 0 Å². The van der Waals surface area contributed by atoms with Crippen molar-refractivity contribution < 1.29 is 5.11 Å². The molecule has 136 valence electrons. The van der Waals surface area contributed by atoms with E-state index in [9.17, 15) is 5.11 Å². The number of hydrogen-bond acceptors (Lipinski definition) is 4. The molecule has 0 aromatic carbocycles. The van der Waals surface area contributed by atoms with E-state index < -0.39 is 6.10 Å². The van der Waals surface area contributed by atoms with Crippen molar-refractivity contribution in [3.63, 3.8) is 0 Å². The molecule has 1 atom stereocenters. The molecular formula is C19H29N5O. The van der Waals surface area contributed by atoms with E-state index in [0.717, 1.165) is 43.5 Å². The lowest BCUT2D eigenvalue weighted by molar-refractivity contribution is 0.172. The molecule has 1 N–H and O–H groups in total. The van der Waals surface area contributed by atoms with Crippen LogP contribution >= 0.6 is 0 Å². The van der Waals surface area contributed by atoms with Crippen molar-refractivity contribution in [2.24, 2.45) is 7.05 Å². The Morgan fingerprint density at radius 3 is 2.64 bits per heavy atom. The first kappa shape index (κ1) is 16.8. The van der Waals surface area contributed by atoms with Crippen LogP contribution in [0.25, 0.3) is 0 Å². The fraction of sp³-hybridized carbons (Fsp3) is 0.684. The van der Waals surface area contributed by atoms with Gasteiger partial charge < -0.3 is 5.11 Å². The molecule has 0 amide bonds. The summed E-state index contributed by atoms with van der Waals surface area (Å²) < 4.78 is 3.82. The normalized spacial score (nSPS) is 21.5. The summed E-state index contributed by atoms with van der Waals surface area (Å²) >= 11 is 0. The molecule has 0 bridgehead atoms. The molecule has 1 aliphatic heterocycles. The van der Waals surface area contributed by atoms with Crippen LogP contribution in [0, 0.1) is 0 Å². The molecule has 2 aromatic heterocycles. The van der Waals surface area contributed by atoms with Crippen LogP contribution in [0.1, 0.15) is 68.1 Å². The second-order valence-corrected chi connectivity index (χ2v) is 7.54. The fourth-order valence-electron chi connectivity index (χ4n) is 4.38. The Balaban J connectivity index is 1.53. The van der Waals surface area contributed by atoms with Gasteiger partial charge in [0.25, 0.3) is 0 Å². The Kier molecular flexibility index (Phi) is 4.90. The van der Waals surface area contributed by atoms with Gasteiger partial charge in [0.15, 0.2) is 0 Å². The Morgan fingerprint density at radius 1 is 1.12 bits per heavy atom. The number of aryl methyl sites for hydroxylation is 2. The smallest absolute Gasteiger partial charge is 0.139 e. The molecule has 0 unspecified atom stereocenters. The highest BCUT2D eigenvalue weighted by molar-refractivity contribution is 5.21.